The van der Waals surface area contributed by atoms with Crippen LogP contribution < -0.4 is 0 Å². The minimum Gasteiger partial charge on any atom is -0.289 e. The van der Waals surface area contributed by atoms with Crippen LogP contribution in [0.3, 0.4) is 0 Å². The molecule has 0 bridgehead atoms. The summed E-state index contributed by atoms with van der Waals surface area (Å²) in [7, 11) is 0. The average Bonchev–Trinajstić information content (AvgIpc) is 2.59. The average molecular weight is 335 g/mol. The van der Waals surface area contributed by atoms with E-state index in [1.807, 2.05) is 37.3 Å². The van der Waals surface area contributed by atoms with Gasteiger partial charge in [-0.05, 0) is 24.5 Å². The van der Waals surface area contributed by atoms with Crippen LogP contribution in [0.25, 0.3) is 5.57 Å². The van der Waals surface area contributed by atoms with Crippen LogP contribution in [0.4, 0.5) is 0 Å². The van der Waals surface area contributed by atoms with Crippen LogP contribution >= 0.6 is 11.6 Å². The zero-order valence-corrected chi connectivity index (χ0v) is 13.9. The van der Waals surface area contributed by atoms with Gasteiger partial charge in [-0.15, -0.1) is 11.6 Å². The van der Waals surface area contributed by atoms with Crippen molar-refractivity contribution in [2.24, 2.45) is 0 Å². The third kappa shape index (κ3) is 2.26. The molecule has 0 heterocycles. The molecule has 0 N–H and O–H groups in total. The van der Waals surface area contributed by atoms with E-state index in [1.165, 1.54) is 0 Å². The molecule has 24 heavy (non-hydrogen) atoms. The SMILES string of the molecule is CC1(Cl)C=CC(c2cccc3c2C(=O)c2ccccc2C3=O)=CC1. The number of rotatable bonds is 1. The van der Waals surface area contributed by atoms with Gasteiger partial charge in [-0.3, -0.25) is 9.59 Å². The minimum absolute atomic E-state index is 0.0929. The molecule has 0 aromatic heterocycles. The predicted molar refractivity (Wildman–Crippen MR) is 95.7 cm³/mol. The van der Waals surface area contributed by atoms with Gasteiger partial charge in [-0.25, -0.2) is 0 Å². The van der Waals surface area contributed by atoms with E-state index in [1.54, 1.807) is 30.3 Å². The lowest BCUT2D eigenvalue weighted by Gasteiger charge is -2.24. The number of benzene rings is 2. The van der Waals surface area contributed by atoms with E-state index in [2.05, 4.69) is 0 Å². The first kappa shape index (κ1) is 15.1. The largest absolute Gasteiger partial charge is 0.289 e. The van der Waals surface area contributed by atoms with Gasteiger partial charge in [-0.1, -0.05) is 60.7 Å². The number of alkyl halides is 1. The van der Waals surface area contributed by atoms with Crippen molar-refractivity contribution in [2.75, 3.05) is 0 Å². The first-order valence-corrected chi connectivity index (χ1v) is 8.26. The molecule has 2 nitrogen and oxygen atoms in total. The molecule has 0 amide bonds. The zero-order chi connectivity index (χ0) is 16.9. The van der Waals surface area contributed by atoms with E-state index in [4.69, 9.17) is 11.6 Å². The molecule has 118 valence electrons. The molecule has 3 heteroatoms. The Morgan fingerprint density at radius 3 is 2.17 bits per heavy atom. The molecule has 0 aliphatic heterocycles. The molecule has 0 saturated heterocycles. The molecule has 0 spiro atoms. The van der Waals surface area contributed by atoms with Crippen molar-refractivity contribution < 1.29 is 9.59 Å². The number of hydrogen-bond acceptors (Lipinski definition) is 2. The van der Waals surface area contributed by atoms with E-state index in [0.29, 0.717) is 28.7 Å². The summed E-state index contributed by atoms with van der Waals surface area (Å²) in [5.74, 6) is -0.186. The molecule has 1 unspecified atom stereocenters. The Hall–Kier alpha value is -2.45. The highest BCUT2D eigenvalue weighted by atomic mass is 35.5. The number of allylic oxidation sites excluding steroid dienone is 4. The Labute approximate surface area is 145 Å². The zero-order valence-electron chi connectivity index (χ0n) is 13.2. The summed E-state index contributed by atoms with van der Waals surface area (Å²) >= 11 is 6.33. The maximum absolute atomic E-state index is 13.0. The van der Waals surface area contributed by atoms with E-state index < -0.39 is 4.87 Å². The first-order valence-electron chi connectivity index (χ1n) is 7.88. The predicted octanol–water partition coefficient (Wildman–Crippen LogP) is 4.80. The Balaban J connectivity index is 1.90. The van der Waals surface area contributed by atoms with E-state index in [0.717, 1.165) is 11.1 Å². The summed E-state index contributed by atoms with van der Waals surface area (Å²) < 4.78 is 0. The van der Waals surface area contributed by atoms with Crippen LogP contribution in [0.2, 0.25) is 0 Å². The van der Waals surface area contributed by atoms with Gasteiger partial charge >= 0.3 is 0 Å². The van der Waals surface area contributed by atoms with Crippen molar-refractivity contribution in [1.29, 1.82) is 0 Å². The highest BCUT2D eigenvalue weighted by molar-refractivity contribution is 6.30. The van der Waals surface area contributed by atoms with Gasteiger partial charge in [0, 0.05) is 22.3 Å². The van der Waals surface area contributed by atoms with E-state index >= 15 is 0 Å². The number of fused-ring (bicyclic) bond motifs is 2. The Morgan fingerprint density at radius 1 is 0.875 bits per heavy atom. The Morgan fingerprint density at radius 2 is 1.50 bits per heavy atom. The molecule has 0 saturated carbocycles. The van der Waals surface area contributed by atoms with Crippen LogP contribution in [0.1, 0.15) is 50.8 Å². The Kier molecular flexibility index (Phi) is 3.33. The van der Waals surface area contributed by atoms with Crippen LogP contribution in [0.15, 0.2) is 60.7 Å². The monoisotopic (exact) mass is 334 g/mol. The maximum Gasteiger partial charge on any atom is 0.195 e. The molecule has 2 aromatic carbocycles. The van der Waals surface area contributed by atoms with Crippen LogP contribution in [0.5, 0.6) is 0 Å². The molecule has 1 atom stereocenters. The lowest BCUT2D eigenvalue weighted by molar-refractivity contribution is 0.0979. The van der Waals surface area contributed by atoms with Crippen LogP contribution in [-0.2, 0) is 0 Å². The lowest BCUT2D eigenvalue weighted by atomic mass is 9.79. The fourth-order valence-corrected chi connectivity index (χ4v) is 3.43. The van der Waals surface area contributed by atoms with Gasteiger partial charge in [0.15, 0.2) is 11.6 Å². The van der Waals surface area contributed by atoms with Gasteiger partial charge in [0.05, 0.1) is 4.87 Å². The molecule has 4 rings (SSSR count). The van der Waals surface area contributed by atoms with Crippen molar-refractivity contribution in [3.8, 4) is 0 Å². The molecule has 2 aliphatic carbocycles. The highest BCUT2D eigenvalue weighted by Gasteiger charge is 2.32. The van der Waals surface area contributed by atoms with Gasteiger partial charge in [-0.2, -0.15) is 0 Å². The lowest BCUT2D eigenvalue weighted by Crippen LogP contribution is -2.22. The third-order valence-corrected chi connectivity index (χ3v) is 4.88. The fraction of sp³-hybridized carbons (Fsp3) is 0.143. The topological polar surface area (TPSA) is 34.1 Å². The summed E-state index contributed by atoms with van der Waals surface area (Å²) in [6.45, 7) is 1.95. The summed E-state index contributed by atoms with van der Waals surface area (Å²) in [5.41, 5.74) is 3.66. The molecule has 2 aromatic rings. The summed E-state index contributed by atoms with van der Waals surface area (Å²) in [6.07, 6.45) is 6.58. The first-order chi connectivity index (χ1) is 11.5. The molecule has 2 aliphatic rings. The number of carbonyl (C=O) groups is 2. The second kappa shape index (κ2) is 5.29. The smallest absolute Gasteiger partial charge is 0.195 e. The van der Waals surface area contributed by atoms with Crippen molar-refractivity contribution in [3.05, 3.63) is 88.5 Å². The van der Waals surface area contributed by atoms with Crippen LogP contribution in [-0.4, -0.2) is 16.4 Å². The van der Waals surface area contributed by atoms with Crippen molar-refractivity contribution in [3.63, 3.8) is 0 Å². The van der Waals surface area contributed by atoms with Crippen molar-refractivity contribution in [2.45, 2.75) is 18.2 Å². The van der Waals surface area contributed by atoms with E-state index in [-0.39, 0.29) is 11.6 Å². The second-order valence-corrected chi connectivity index (χ2v) is 7.27. The highest BCUT2D eigenvalue weighted by Crippen LogP contribution is 2.36. The van der Waals surface area contributed by atoms with Gasteiger partial charge in [0.2, 0.25) is 0 Å². The van der Waals surface area contributed by atoms with Gasteiger partial charge in [0.1, 0.15) is 0 Å². The molecular formula is C21H15ClO2. The molecule has 0 fully saturated rings. The number of hydrogen-bond donors (Lipinski definition) is 0. The van der Waals surface area contributed by atoms with Crippen molar-refractivity contribution >= 4 is 28.7 Å². The molecule has 0 radical (unpaired) electrons. The van der Waals surface area contributed by atoms with E-state index in [9.17, 15) is 9.59 Å². The standard InChI is InChI=1S/C21H15ClO2/c1-21(22)11-9-13(10-12-21)14-7-4-8-17-18(14)20(24)16-6-3-2-5-15(16)19(17)23/h2-11H,12H2,1H3. The van der Waals surface area contributed by atoms with Crippen molar-refractivity contribution in [1.82, 2.24) is 0 Å². The van der Waals surface area contributed by atoms with Crippen LogP contribution in [0, 0.1) is 0 Å². The number of carbonyl (C=O) groups excluding carboxylic acids is 2. The van der Waals surface area contributed by atoms with Gasteiger partial charge < -0.3 is 0 Å². The fourth-order valence-electron chi connectivity index (χ4n) is 3.29. The third-order valence-electron chi connectivity index (χ3n) is 4.59. The second-order valence-electron chi connectivity index (χ2n) is 6.41. The maximum atomic E-state index is 13.0. The summed E-state index contributed by atoms with van der Waals surface area (Å²) in [4.78, 5) is 25.4. The Bertz CT molecular complexity index is 948. The number of ketones is 2. The number of halogens is 1. The minimum atomic E-state index is -0.398. The summed E-state index contributed by atoms with van der Waals surface area (Å²) in [5, 5.41) is 0. The quantitative estimate of drug-likeness (QED) is 0.599. The molecular weight excluding hydrogens is 320 g/mol. The normalized spacial score (nSPS) is 22.0. The summed E-state index contributed by atoms with van der Waals surface area (Å²) in [6, 6.07) is 12.5. The van der Waals surface area contributed by atoms with Gasteiger partial charge in [0.25, 0.3) is 0 Å².